The molecule has 0 bridgehead atoms. The van der Waals surface area contributed by atoms with Crippen LogP contribution in [0.4, 0.5) is 5.69 Å². The van der Waals surface area contributed by atoms with E-state index in [9.17, 15) is 4.79 Å². The second-order valence-corrected chi connectivity index (χ2v) is 6.04. The van der Waals surface area contributed by atoms with Gasteiger partial charge in [0, 0.05) is 38.0 Å². The number of methoxy groups -OCH3 is 1. The average Bonchev–Trinajstić information content (AvgIpc) is 2.49. The Morgan fingerprint density at radius 2 is 2.24 bits per heavy atom. The summed E-state index contributed by atoms with van der Waals surface area (Å²) in [5.74, 6) is 0.101. The van der Waals surface area contributed by atoms with Crippen molar-refractivity contribution >= 4 is 11.6 Å². The van der Waals surface area contributed by atoms with Gasteiger partial charge in [-0.05, 0) is 57.4 Å². The van der Waals surface area contributed by atoms with Crippen LogP contribution in [0, 0.1) is 6.92 Å². The van der Waals surface area contributed by atoms with Gasteiger partial charge in [0.15, 0.2) is 0 Å². The molecule has 1 atom stereocenters. The fourth-order valence-electron chi connectivity index (χ4n) is 2.91. The monoisotopic (exact) mass is 290 g/mol. The van der Waals surface area contributed by atoms with Crippen LogP contribution in [-0.2, 0) is 4.74 Å². The van der Waals surface area contributed by atoms with Crippen LogP contribution in [0.2, 0.25) is 0 Å². The van der Waals surface area contributed by atoms with Gasteiger partial charge in [-0.25, -0.2) is 0 Å². The minimum Gasteiger partial charge on any atom is -0.385 e. The number of benzene rings is 1. The van der Waals surface area contributed by atoms with Gasteiger partial charge in [-0.1, -0.05) is 0 Å². The molecule has 1 heterocycles. The molecule has 1 fully saturated rings. The predicted molar refractivity (Wildman–Crippen MR) is 85.9 cm³/mol. The van der Waals surface area contributed by atoms with Crippen LogP contribution in [0.5, 0.6) is 0 Å². The van der Waals surface area contributed by atoms with Crippen molar-refractivity contribution in [3.8, 4) is 0 Å². The van der Waals surface area contributed by atoms with Crippen molar-refractivity contribution in [2.45, 2.75) is 39.2 Å². The predicted octanol–water partition coefficient (Wildman–Crippen LogP) is 3.07. The maximum absolute atomic E-state index is 12.7. The van der Waals surface area contributed by atoms with Gasteiger partial charge in [-0.3, -0.25) is 4.79 Å². The number of carbonyl (C=O) groups is 1. The Hall–Kier alpha value is -1.55. The van der Waals surface area contributed by atoms with Gasteiger partial charge in [0.25, 0.3) is 5.91 Å². The maximum atomic E-state index is 12.7. The number of nitrogens with zero attached hydrogens (tertiary/aromatic N) is 1. The maximum Gasteiger partial charge on any atom is 0.253 e. The van der Waals surface area contributed by atoms with Crippen LogP contribution < -0.4 is 5.32 Å². The Morgan fingerprint density at radius 3 is 2.86 bits per heavy atom. The van der Waals surface area contributed by atoms with Gasteiger partial charge < -0.3 is 15.0 Å². The molecule has 0 saturated carbocycles. The number of ether oxygens (including phenoxy) is 1. The van der Waals surface area contributed by atoms with Crippen molar-refractivity contribution in [1.82, 2.24) is 4.90 Å². The summed E-state index contributed by atoms with van der Waals surface area (Å²) in [7, 11) is 1.73. The lowest BCUT2D eigenvalue weighted by molar-refractivity contribution is -0.0440. The van der Waals surface area contributed by atoms with Crippen molar-refractivity contribution in [2.75, 3.05) is 32.1 Å². The van der Waals surface area contributed by atoms with E-state index in [1.54, 1.807) is 7.11 Å². The summed E-state index contributed by atoms with van der Waals surface area (Å²) in [4.78, 5) is 14.6. The molecule has 0 radical (unpaired) electrons. The fraction of sp³-hybridized carbons (Fsp3) is 0.588. The highest BCUT2D eigenvalue weighted by Gasteiger charge is 2.33. The van der Waals surface area contributed by atoms with E-state index >= 15 is 0 Å². The standard InChI is InChI=1S/C17H26N2O2/c1-5-18-15-8-7-14(11-13(15)2)16(20)19-10-6-9-17(3,12-19)21-4/h7-8,11,18H,5-6,9-10,12H2,1-4H3. The minimum atomic E-state index is -0.216. The molecule has 4 heteroatoms. The number of nitrogens with one attached hydrogen (secondary N) is 1. The number of carbonyl (C=O) groups excluding carboxylic acids is 1. The quantitative estimate of drug-likeness (QED) is 0.926. The zero-order chi connectivity index (χ0) is 15.5. The first-order chi connectivity index (χ1) is 9.99. The van der Waals surface area contributed by atoms with Gasteiger partial charge in [0.2, 0.25) is 0 Å². The number of anilines is 1. The Balaban J connectivity index is 2.14. The summed E-state index contributed by atoms with van der Waals surface area (Å²) >= 11 is 0. The molecule has 0 spiro atoms. The van der Waals surface area contributed by atoms with Crippen molar-refractivity contribution in [3.05, 3.63) is 29.3 Å². The van der Waals surface area contributed by atoms with Crippen molar-refractivity contribution in [3.63, 3.8) is 0 Å². The highest BCUT2D eigenvalue weighted by atomic mass is 16.5. The summed E-state index contributed by atoms with van der Waals surface area (Å²) in [6.07, 6.45) is 2.00. The van der Waals surface area contributed by atoms with Crippen LogP contribution >= 0.6 is 0 Å². The van der Waals surface area contributed by atoms with E-state index in [-0.39, 0.29) is 11.5 Å². The molecular weight excluding hydrogens is 264 g/mol. The summed E-state index contributed by atoms with van der Waals surface area (Å²) in [5, 5.41) is 3.30. The summed E-state index contributed by atoms with van der Waals surface area (Å²) < 4.78 is 5.57. The molecule has 2 rings (SSSR count). The normalized spacial score (nSPS) is 22.2. The Labute approximate surface area is 127 Å². The van der Waals surface area contributed by atoms with Gasteiger partial charge in [0.1, 0.15) is 0 Å². The minimum absolute atomic E-state index is 0.101. The van der Waals surface area contributed by atoms with E-state index in [4.69, 9.17) is 4.74 Å². The van der Waals surface area contributed by atoms with Crippen molar-refractivity contribution < 1.29 is 9.53 Å². The number of hydrogen-bond donors (Lipinski definition) is 1. The highest BCUT2D eigenvalue weighted by Crippen LogP contribution is 2.26. The Bertz CT molecular complexity index is 516. The van der Waals surface area contributed by atoms with Crippen molar-refractivity contribution in [2.24, 2.45) is 0 Å². The number of likely N-dealkylation sites (tertiary alicyclic amines) is 1. The third-order valence-electron chi connectivity index (χ3n) is 4.28. The molecule has 0 aromatic heterocycles. The van der Waals surface area contributed by atoms with Crippen LogP contribution in [0.3, 0.4) is 0 Å². The van der Waals surface area contributed by atoms with E-state index in [1.165, 1.54) is 0 Å². The second kappa shape index (κ2) is 6.48. The molecule has 4 nitrogen and oxygen atoms in total. The second-order valence-electron chi connectivity index (χ2n) is 6.04. The zero-order valence-electron chi connectivity index (χ0n) is 13.5. The highest BCUT2D eigenvalue weighted by molar-refractivity contribution is 5.95. The summed E-state index contributed by atoms with van der Waals surface area (Å²) in [5.41, 5.74) is 2.74. The summed E-state index contributed by atoms with van der Waals surface area (Å²) in [6.45, 7) is 8.53. The van der Waals surface area contributed by atoms with E-state index in [0.29, 0.717) is 6.54 Å². The van der Waals surface area contributed by atoms with E-state index in [1.807, 2.05) is 30.0 Å². The molecule has 1 unspecified atom stereocenters. The molecule has 1 aliphatic rings. The lowest BCUT2D eigenvalue weighted by Gasteiger charge is -2.39. The number of piperidine rings is 1. The molecule has 21 heavy (non-hydrogen) atoms. The molecule has 1 aromatic rings. The van der Waals surface area contributed by atoms with Crippen LogP contribution in [0.15, 0.2) is 18.2 Å². The first kappa shape index (κ1) is 15.8. The molecule has 0 aliphatic carbocycles. The number of amides is 1. The van der Waals surface area contributed by atoms with E-state index in [2.05, 4.69) is 19.2 Å². The zero-order valence-corrected chi connectivity index (χ0v) is 13.5. The molecule has 1 N–H and O–H groups in total. The topological polar surface area (TPSA) is 41.6 Å². The third-order valence-corrected chi connectivity index (χ3v) is 4.28. The Morgan fingerprint density at radius 1 is 1.48 bits per heavy atom. The smallest absolute Gasteiger partial charge is 0.253 e. The largest absolute Gasteiger partial charge is 0.385 e. The number of aryl methyl sites for hydroxylation is 1. The van der Waals surface area contributed by atoms with Crippen LogP contribution in [-0.4, -0.2) is 43.2 Å². The molecule has 1 saturated heterocycles. The lowest BCUT2D eigenvalue weighted by atomic mass is 9.94. The SMILES string of the molecule is CCNc1ccc(C(=O)N2CCCC(C)(OC)C2)cc1C. The van der Waals surface area contributed by atoms with Gasteiger partial charge in [0.05, 0.1) is 5.60 Å². The van der Waals surface area contributed by atoms with Gasteiger partial charge >= 0.3 is 0 Å². The molecular formula is C17H26N2O2. The summed E-state index contributed by atoms with van der Waals surface area (Å²) in [6, 6.07) is 5.87. The lowest BCUT2D eigenvalue weighted by Crippen LogP contribution is -2.49. The first-order valence-corrected chi connectivity index (χ1v) is 7.68. The van der Waals surface area contributed by atoms with Gasteiger partial charge in [-0.2, -0.15) is 0 Å². The van der Waals surface area contributed by atoms with Crippen LogP contribution in [0.1, 0.15) is 42.6 Å². The van der Waals surface area contributed by atoms with E-state index in [0.717, 1.165) is 42.7 Å². The molecule has 1 amide bonds. The number of rotatable bonds is 4. The molecule has 1 aliphatic heterocycles. The average molecular weight is 290 g/mol. The number of hydrogen-bond acceptors (Lipinski definition) is 3. The first-order valence-electron chi connectivity index (χ1n) is 7.68. The molecule has 1 aromatic carbocycles. The van der Waals surface area contributed by atoms with Crippen LogP contribution in [0.25, 0.3) is 0 Å². The van der Waals surface area contributed by atoms with Crippen molar-refractivity contribution in [1.29, 1.82) is 0 Å². The van der Waals surface area contributed by atoms with Gasteiger partial charge in [-0.15, -0.1) is 0 Å². The van der Waals surface area contributed by atoms with E-state index < -0.39 is 0 Å². The Kier molecular flexibility index (Phi) is 4.88. The molecule has 116 valence electrons. The third kappa shape index (κ3) is 3.56. The fourth-order valence-corrected chi connectivity index (χ4v) is 2.91.